The Labute approximate surface area is 122 Å². The van der Waals surface area contributed by atoms with Crippen molar-refractivity contribution in [3.63, 3.8) is 0 Å². The van der Waals surface area contributed by atoms with Crippen molar-refractivity contribution in [2.45, 2.75) is 51.6 Å². The van der Waals surface area contributed by atoms with Crippen molar-refractivity contribution >= 4 is 6.03 Å². The smallest absolute Gasteiger partial charge is 0.324 e. The second kappa shape index (κ2) is 6.14. The summed E-state index contributed by atoms with van der Waals surface area (Å²) in [6.45, 7) is 13.0. The molecule has 1 saturated heterocycles. The summed E-state index contributed by atoms with van der Waals surface area (Å²) >= 11 is 0. The first-order valence-corrected chi connectivity index (χ1v) is 7.00. The van der Waals surface area contributed by atoms with Crippen molar-refractivity contribution in [1.29, 1.82) is 0 Å². The van der Waals surface area contributed by atoms with E-state index in [9.17, 15) is 4.79 Å². The van der Waals surface area contributed by atoms with Crippen LogP contribution >= 0.6 is 0 Å². The van der Waals surface area contributed by atoms with E-state index in [1.807, 2.05) is 0 Å². The van der Waals surface area contributed by atoms with E-state index in [1.54, 1.807) is 24.0 Å². The SMILES string of the molecule is C=C(CC)CC1(C)N(COC)C(=O)N(COC)C1(C)C. The third kappa shape index (κ3) is 2.56. The number of hydrogen-bond donors (Lipinski definition) is 0. The van der Waals surface area contributed by atoms with E-state index in [2.05, 4.69) is 34.3 Å². The lowest BCUT2D eigenvalue weighted by atomic mass is 9.76. The molecule has 0 N–H and O–H groups in total. The fourth-order valence-corrected chi connectivity index (χ4v) is 2.81. The molecule has 0 spiro atoms. The standard InChI is InChI=1S/C15H28N2O3/c1-8-12(2)9-15(5)14(3,4)16(10-19-6)13(18)17(15)11-20-7/h2,8-11H2,1,3-7H3. The minimum absolute atomic E-state index is 0.0508. The molecule has 1 aliphatic heterocycles. The van der Waals surface area contributed by atoms with Crippen molar-refractivity contribution in [2.24, 2.45) is 0 Å². The molecular formula is C15H28N2O3. The Balaban J connectivity index is 3.20. The Bertz CT molecular complexity index is 381. The Morgan fingerprint density at radius 1 is 1.15 bits per heavy atom. The molecule has 2 amide bonds. The molecule has 1 rings (SSSR count). The van der Waals surface area contributed by atoms with Crippen LogP contribution in [0.3, 0.4) is 0 Å². The van der Waals surface area contributed by atoms with Gasteiger partial charge in [-0.3, -0.25) is 9.80 Å². The topological polar surface area (TPSA) is 42.0 Å². The second-order valence-corrected chi connectivity index (χ2v) is 6.09. The quantitative estimate of drug-likeness (QED) is 0.675. The molecule has 1 fully saturated rings. The zero-order valence-electron chi connectivity index (χ0n) is 13.7. The van der Waals surface area contributed by atoms with E-state index in [-0.39, 0.29) is 30.6 Å². The molecule has 0 aromatic carbocycles. The summed E-state index contributed by atoms with van der Waals surface area (Å²) in [5.74, 6) is 0. The average Bonchev–Trinajstić information content (AvgIpc) is 2.51. The Morgan fingerprint density at radius 3 is 2.10 bits per heavy atom. The summed E-state index contributed by atoms with van der Waals surface area (Å²) < 4.78 is 10.4. The van der Waals surface area contributed by atoms with Crippen molar-refractivity contribution in [2.75, 3.05) is 27.7 Å². The zero-order chi connectivity index (χ0) is 15.6. The van der Waals surface area contributed by atoms with Gasteiger partial charge >= 0.3 is 6.03 Å². The molecule has 0 radical (unpaired) electrons. The summed E-state index contributed by atoms with van der Waals surface area (Å²) in [6, 6.07) is -0.0508. The average molecular weight is 284 g/mol. The molecule has 20 heavy (non-hydrogen) atoms. The third-order valence-corrected chi connectivity index (χ3v) is 4.66. The number of ether oxygens (including phenoxy) is 2. The minimum Gasteiger partial charge on any atom is -0.364 e. The number of hydrogen-bond acceptors (Lipinski definition) is 3. The van der Waals surface area contributed by atoms with Gasteiger partial charge in [0.1, 0.15) is 13.5 Å². The molecule has 5 heteroatoms. The third-order valence-electron chi connectivity index (χ3n) is 4.66. The van der Waals surface area contributed by atoms with Gasteiger partial charge in [0, 0.05) is 14.2 Å². The van der Waals surface area contributed by atoms with E-state index in [4.69, 9.17) is 9.47 Å². The highest BCUT2D eigenvalue weighted by atomic mass is 16.5. The van der Waals surface area contributed by atoms with E-state index in [0.717, 1.165) is 18.4 Å². The highest BCUT2D eigenvalue weighted by molar-refractivity contribution is 5.79. The van der Waals surface area contributed by atoms with Crippen molar-refractivity contribution < 1.29 is 14.3 Å². The molecule has 1 aliphatic rings. The van der Waals surface area contributed by atoms with E-state index in [1.165, 1.54) is 0 Å². The molecule has 0 aromatic heterocycles. The predicted molar refractivity (Wildman–Crippen MR) is 79.4 cm³/mol. The fraction of sp³-hybridized carbons (Fsp3) is 0.800. The molecule has 0 saturated carbocycles. The molecule has 0 aliphatic carbocycles. The number of carbonyl (C=O) groups excluding carboxylic acids is 1. The van der Waals surface area contributed by atoms with Crippen LogP contribution in [0.15, 0.2) is 12.2 Å². The van der Waals surface area contributed by atoms with Crippen LogP contribution in [0.1, 0.15) is 40.5 Å². The molecule has 1 unspecified atom stereocenters. The summed E-state index contributed by atoms with van der Waals surface area (Å²) in [5.41, 5.74) is 0.399. The maximum Gasteiger partial charge on any atom is 0.324 e. The molecular weight excluding hydrogens is 256 g/mol. The van der Waals surface area contributed by atoms with Gasteiger partial charge in [-0.15, -0.1) is 0 Å². The molecule has 1 heterocycles. The Hall–Kier alpha value is -1.07. The fourth-order valence-electron chi connectivity index (χ4n) is 2.81. The number of methoxy groups -OCH3 is 2. The predicted octanol–water partition coefficient (Wildman–Crippen LogP) is 2.83. The van der Waals surface area contributed by atoms with E-state index >= 15 is 0 Å². The first-order chi connectivity index (χ1) is 9.26. The van der Waals surface area contributed by atoms with Crippen LogP contribution in [0.2, 0.25) is 0 Å². The molecule has 0 bridgehead atoms. The normalized spacial score (nSPS) is 25.4. The van der Waals surface area contributed by atoms with Gasteiger partial charge < -0.3 is 9.47 Å². The first kappa shape index (κ1) is 17.0. The largest absolute Gasteiger partial charge is 0.364 e. The van der Waals surface area contributed by atoms with Crippen LogP contribution in [-0.4, -0.2) is 54.6 Å². The number of carbonyl (C=O) groups is 1. The monoisotopic (exact) mass is 284 g/mol. The number of nitrogens with zero attached hydrogens (tertiary/aromatic N) is 2. The number of rotatable bonds is 7. The van der Waals surface area contributed by atoms with Crippen LogP contribution in [-0.2, 0) is 9.47 Å². The highest BCUT2D eigenvalue weighted by Gasteiger charge is 2.59. The highest BCUT2D eigenvalue weighted by Crippen LogP contribution is 2.45. The van der Waals surface area contributed by atoms with E-state index in [0.29, 0.717) is 0 Å². The van der Waals surface area contributed by atoms with Crippen LogP contribution in [0, 0.1) is 0 Å². The van der Waals surface area contributed by atoms with Crippen molar-refractivity contribution in [3.8, 4) is 0 Å². The molecule has 5 nitrogen and oxygen atoms in total. The number of amides is 2. The lowest BCUT2D eigenvalue weighted by Crippen LogP contribution is -2.56. The lowest BCUT2D eigenvalue weighted by Gasteiger charge is -2.44. The maximum atomic E-state index is 12.6. The Kier molecular flexibility index (Phi) is 5.21. The molecule has 0 aromatic rings. The van der Waals surface area contributed by atoms with Gasteiger partial charge in [0.05, 0.1) is 11.1 Å². The van der Waals surface area contributed by atoms with Crippen LogP contribution in [0.5, 0.6) is 0 Å². The first-order valence-electron chi connectivity index (χ1n) is 7.00. The van der Waals surface area contributed by atoms with Gasteiger partial charge in [-0.2, -0.15) is 0 Å². The van der Waals surface area contributed by atoms with Crippen LogP contribution < -0.4 is 0 Å². The summed E-state index contributed by atoms with van der Waals surface area (Å²) in [6.07, 6.45) is 1.66. The maximum absolute atomic E-state index is 12.6. The number of urea groups is 1. The summed E-state index contributed by atoms with van der Waals surface area (Å²) in [4.78, 5) is 16.2. The van der Waals surface area contributed by atoms with Crippen LogP contribution in [0.25, 0.3) is 0 Å². The second-order valence-electron chi connectivity index (χ2n) is 6.09. The van der Waals surface area contributed by atoms with Gasteiger partial charge in [0.15, 0.2) is 0 Å². The zero-order valence-corrected chi connectivity index (χ0v) is 13.7. The molecule has 1 atom stereocenters. The van der Waals surface area contributed by atoms with Crippen molar-refractivity contribution in [3.05, 3.63) is 12.2 Å². The Morgan fingerprint density at radius 2 is 1.65 bits per heavy atom. The van der Waals surface area contributed by atoms with Gasteiger partial charge in [-0.1, -0.05) is 19.1 Å². The van der Waals surface area contributed by atoms with Gasteiger partial charge in [-0.05, 0) is 33.6 Å². The van der Waals surface area contributed by atoms with Gasteiger partial charge in [-0.25, -0.2) is 4.79 Å². The van der Waals surface area contributed by atoms with E-state index < -0.39 is 0 Å². The van der Waals surface area contributed by atoms with Crippen LogP contribution in [0.4, 0.5) is 4.79 Å². The van der Waals surface area contributed by atoms with Crippen molar-refractivity contribution in [1.82, 2.24) is 9.80 Å². The summed E-state index contributed by atoms with van der Waals surface area (Å²) in [7, 11) is 3.21. The van der Waals surface area contributed by atoms with Gasteiger partial charge in [0.2, 0.25) is 0 Å². The lowest BCUT2D eigenvalue weighted by molar-refractivity contribution is 0.000103. The molecule has 116 valence electrons. The minimum atomic E-state index is -0.369. The van der Waals surface area contributed by atoms with Gasteiger partial charge in [0.25, 0.3) is 0 Å². The summed E-state index contributed by atoms with van der Waals surface area (Å²) in [5, 5.41) is 0.